The van der Waals surface area contributed by atoms with Crippen molar-refractivity contribution in [2.24, 2.45) is 0 Å². The van der Waals surface area contributed by atoms with E-state index in [0.29, 0.717) is 6.42 Å². The number of rotatable bonds is 7. The van der Waals surface area contributed by atoms with Gasteiger partial charge in [-0.15, -0.1) is 0 Å². The molecular weight excluding hydrogens is 336 g/mol. The summed E-state index contributed by atoms with van der Waals surface area (Å²) in [5.74, 6) is 1.19. The number of sulfonamides is 1. The van der Waals surface area contributed by atoms with Gasteiger partial charge in [0.1, 0.15) is 11.3 Å². The van der Waals surface area contributed by atoms with Crippen molar-refractivity contribution in [2.75, 3.05) is 19.8 Å². The Morgan fingerprint density at radius 3 is 2.60 bits per heavy atom. The molecule has 0 atom stereocenters. The molecule has 6 nitrogen and oxygen atoms in total. The molecule has 0 aliphatic carbocycles. The Hall–Kier alpha value is -1.99. The summed E-state index contributed by atoms with van der Waals surface area (Å²) in [5.41, 5.74) is 2.95. The Balaban J connectivity index is 1.89. The predicted octanol–water partition coefficient (Wildman–Crippen LogP) is 2.82. The summed E-state index contributed by atoms with van der Waals surface area (Å²) >= 11 is 0. The third kappa shape index (κ3) is 3.52. The first kappa shape index (κ1) is 17.8. The summed E-state index contributed by atoms with van der Waals surface area (Å²) in [4.78, 5) is 9.20. The van der Waals surface area contributed by atoms with Gasteiger partial charge in [0.2, 0.25) is 10.0 Å². The number of fused-ring (bicyclic) bond motifs is 3. The lowest BCUT2D eigenvalue weighted by Gasteiger charge is -2.12. The van der Waals surface area contributed by atoms with E-state index < -0.39 is 10.0 Å². The number of aryl methyl sites for hydroxylation is 2. The van der Waals surface area contributed by atoms with Crippen LogP contribution in [0.3, 0.4) is 0 Å². The van der Waals surface area contributed by atoms with Gasteiger partial charge in [-0.2, -0.15) is 0 Å². The highest BCUT2D eigenvalue weighted by atomic mass is 32.2. The van der Waals surface area contributed by atoms with Crippen molar-refractivity contribution in [1.29, 1.82) is 0 Å². The fourth-order valence-corrected chi connectivity index (χ4v) is 3.99. The molecule has 25 heavy (non-hydrogen) atoms. The van der Waals surface area contributed by atoms with Crippen LogP contribution in [0.25, 0.3) is 21.9 Å². The number of benzene rings is 1. The van der Waals surface area contributed by atoms with Crippen LogP contribution < -0.4 is 0 Å². The molecule has 0 saturated carbocycles. The highest BCUT2D eigenvalue weighted by molar-refractivity contribution is 7.89. The van der Waals surface area contributed by atoms with E-state index in [1.165, 1.54) is 4.31 Å². The van der Waals surface area contributed by atoms with Gasteiger partial charge < -0.3 is 4.57 Å². The Labute approximate surface area is 148 Å². The fraction of sp³-hybridized carbons (Fsp3) is 0.444. The number of imidazole rings is 1. The second kappa shape index (κ2) is 7.09. The van der Waals surface area contributed by atoms with Gasteiger partial charge in [-0.05, 0) is 18.9 Å². The number of aromatic nitrogens is 3. The minimum absolute atomic E-state index is 0.177. The van der Waals surface area contributed by atoms with E-state index >= 15 is 0 Å². The van der Waals surface area contributed by atoms with Gasteiger partial charge in [-0.1, -0.05) is 25.1 Å². The topological polar surface area (TPSA) is 68.1 Å². The molecule has 134 valence electrons. The third-order valence-corrected chi connectivity index (χ3v) is 6.38. The van der Waals surface area contributed by atoms with E-state index in [4.69, 9.17) is 4.98 Å². The molecule has 3 rings (SSSR count). The lowest BCUT2D eigenvalue weighted by Crippen LogP contribution is -2.25. The average Bonchev–Trinajstić information content (AvgIpc) is 2.96. The molecule has 0 unspecified atom stereocenters. The summed E-state index contributed by atoms with van der Waals surface area (Å²) in [7, 11) is 0.0192. The van der Waals surface area contributed by atoms with Crippen molar-refractivity contribution in [1.82, 2.24) is 18.8 Å². The zero-order valence-electron chi connectivity index (χ0n) is 14.9. The van der Waals surface area contributed by atoms with E-state index in [2.05, 4.69) is 22.5 Å². The third-order valence-electron chi connectivity index (χ3n) is 4.47. The van der Waals surface area contributed by atoms with Crippen LogP contribution in [0.5, 0.6) is 0 Å². The van der Waals surface area contributed by atoms with Gasteiger partial charge in [0.25, 0.3) is 0 Å². The van der Waals surface area contributed by atoms with Crippen LogP contribution in [0.4, 0.5) is 0 Å². The molecule has 1 aromatic carbocycles. The quantitative estimate of drug-likeness (QED) is 0.608. The molecule has 0 amide bonds. The summed E-state index contributed by atoms with van der Waals surface area (Å²) in [6, 6.07) is 8.06. The van der Waals surface area contributed by atoms with Crippen LogP contribution in [0.15, 0.2) is 30.5 Å². The summed E-state index contributed by atoms with van der Waals surface area (Å²) in [5, 5.41) is 1.09. The minimum Gasteiger partial charge on any atom is -0.327 e. The Morgan fingerprint density at radius 2 is 1.88 bits per heavy atom. The minimum atomic E-state index is -3.13. The molecule has 0 radical (unpaired) electrons. The SMILES string of the molecule is CCc1nc2cnc3ccccc3c2n1CCCCS(=O)(=O)N(C)C. The zero-order valence-corrected chi connectivity index (χ0v) is 15.8. The van der Waals surface area contributed by atoms with Crippen molar-refractivity contribution in [3.8, 4) is 0 Å². The van der Waals surface area contributed by atoms with Crippen LogP contribution in [0, 0.1) is 0 Å². The van der Waals surface area contributed by atoms with Crippen LogP contribution >= 0.6 is 0 Å². The smallest absolute Gasteiger partial charge is 0.213 e. The first-order chi connectivity index (χ1) is 11.9. The van der Waals surface area contributed by atoms with E-state index in [1.807, 2.05) is 24.4 Å². The number of hydrogen-bond acceptors (Lipinski definition) is 4. The fourth-order valence-electron chi connectivity index (χ4n) is 3.06. The highest BCUT2D eigenvalue weighted by Crippen LogP contribution is 2.25. The van der Waals surface area contributed by atoms with Crippen molar-refractivity contribution < 1.29 is 8.42 Å². The molecule has 7 heteroatoms. The second-order valence-corrected chi connectivity index (χ2v) is 8.65. The van der Waals surface area contributed by atoms with Crippen molar-refractivity contribution in [3.05, 3.63) is 36.3 Å². The zero-order chi connectivity index (χ0) is 18.0. The maximum Gasteiger partial charge on any atom is 0.213 e. The second-order valence-electron chi connectivity index (χ2n) is 6.35. The van der Waals surface area contributed by atoms with Crippen LogP contribution in [0.2, 0.25) is 0 Å². The van der Waals surface area contributed by atoms with Gasteiger partial charge in [-0.3, -0.25) is 4.98 Å². The lowest BCUT2D eigenvalue weighted by atomic mass is 10.2. The molecular formula is C18H24N4O2S. The van der Waals surface area contributed by atoms with E-state index in [1.54, 1.807) is 14.1 Å². The van der Waals surface area contributed by atoms with E-state index in [0.717, 1.165) is 47.1 Å². The molecule has 2 heterocycles. The summed E-state index contributed by atoms with van der Waals surface area (Å²) < 4.78 is 27.3. The molecule has 0 aliphatic rings. The van der Waals surface area contributed by atoms with Gasteiger partial charge in [-0.25, -0.2) is 17.7 Å². The average molecular weight is 360 g/mol. The molecule has 0 N–H and O–H groups in total. The monoisotopic (exact) mass is 360 g/mol. The first-order valence-corrected chi connectivity index (χ1v) is 10.2. The molecule has 0 aliphatic heterocycles. The van der Waals surface area contributed by atoms with Gasteiger partial charge in [0, 0.05) is 32.4 Å². The van der Waals surface area contributed by atoms with Crippen molar-refractivity contribution >= 4 is 32.0 Å². The number of pyridine rings is 1. The standard InChI is InChI=1S/C18H24N4O2S/c1-4-17-20-16-13-19-15-10-6-5-9-14(15)18(16)22(17)11-7-8-12-25(23,24)21(2)3/h5-6,9-10,13H,4,7-8,11-12H2,1-3H3. The highest BCUT2D eigenvalue weighted by Gasteiger charge is 2.15. The van der Waals surface area contributed by atoms with Crippen LogP contribution in [-0.4, -0.2) is 47.1 Å². The maximum atomic E-state index is 11.9. The molecule has 3 aromatic rings. The number of nitrogens with zero attached hydrogens (tertiary/aromatic N) is 4. The molecule has 2 aromatic heterocycles. The lowest BCUT2D eigenvalue weighted by molar-refractivity contribution is 0.514. The Morgan fingerprint density at radius 1 is 1.12 bits per heavy atom. The largest absolute Gasteiger partial charge is 0.327 e. The summed E-state index contributed by atoms with van der Waals surface area (Å²) in [6.07, 6.45) is 4.08. The van der Waals surface area contributed by atoms with E-state index in [9.17, 15) is 8.42 Å². The van der Waals surface area contributed by atoms with Crippen molar-refractivity contribution in [2.45, 2.75) is 32.7 Å². The predicted molar refractivity (Wildman–Crippen MR) is 101 cm³/mol. The molecule has 0 bridgehead atoms. The maximum absolute atomic E-state index is 11.9. The van der Waals surface area contributed by atoms with E-state index in [-0.39, 0.29) is 5.75 Å². The first-order valence-electron chi connectivity index (χ1n) is 8.57. The van der Waals surface area contributed by atoms with Gasteiger partial charge in [0.15, 0.2) is 0 Å². The number of hydrogen-bond donors (Lipinski definition) is 0. The summed E-state index contributed by atoms with van der Waals surface area (Å²) in [6.45, 7) is 2.85. The molecule has 0 spiro atoms. The van der Waals surface area contributed by atoms with Crippen molar-refractivity contribution in [3.63, 3.8) is 0 Å². The molecule has 0 saturated heterocycles. The van der Waals surface area contributed by atoms with Crippen LogP contribution in [0.1, 0.15) is 25.6 Å². The molecule has 0 fully saturated rings. The number of unbranched alkanes of at least 4 members (excludes halogenated alkanes) is 1. The Kier molecular flexibility index (Phi) is 5.06. The number of para-hydroxylation sites is 1. The normalized spacial score (nSPS) is 12.5. The Bertz CT molecular complexity index is 993. The van der Waals surface area contributed by atoms with Gasteiger partial charge >= 0.3 is 0 Å². The van der Waals surface area contributed by atoms with Crippen LogP contribution in [-0.2, 0) is 23.0 Å². The van der Waals surface area contributed by atoms with Gasteiger partial charge in [0.05, 0.1) is 23.0 Å².